The molecule has 0 fully saturated rings. The van der Waals surface area contributed by atoms with Gasteiger partial charge in [0.1, 0.15) is 0 Å². The predicted octanol–water partition coefficient (Wildman–Crippen LogP) is 1.65. The number of fused-ring (bicyclic) bond motifs is 3. The largest absolute Gasteiger partial charge is 0.479 e. The highest BCUT2D eigenvalue weighted by atomic mass is 32.2. The van der Waals surface area contributed by atoms with Crippen LogP contribution in [0.25, 0.3) is 11.0 Å². The Balaban J connectivity index is 1.87. The van der Waals surface area contributed by atoms with Crippen LogP contribution in [0.2, 0.25) is 0 Å². The molecule has 0 radical (unpaired) electrons. The van der Waals surface area contributed by atoms with Crippen LogP contribution in [0, 0.1) is 5.82 Å². The standard InChI is InChI=1S/C18H16FN5O4S/c1-28-17-14(19)6-13-15-11(7-21-16(13)23-17)8-22-18(25)24(15)9-10-2-4-12(5-3-10)29(20,26)27/h2-7H,8-9H2,1H3,(H,22,25)(H2,20,26,27)/i2D,3D. The Labute approximate surface area is 168 Å². The summed E-state index contributed by atoms with van der Waals surface area (Å²) in [5, 5.41) is 7.99. The van der Waals surface area contributed by atoms with E-state index in [-0.39, 0.29) is 52.5 Å². The Kier molecular flexibility index (Phi) is 3.98. The molecule has 0 aliphatic carbocycles. The molecular weight excluding hydrogens is 401 g/mol. The van der Waals surface area contributed by atoms with Gasteiger partial charge in [0.15, 0.2) is 11.5 Å². The quantitative estimate of drug-likeness (QED) is 0.662. The van der Waals surface area contributed by atoms with Crippen LogP contribution in [0.1, 0.15) is 13.9 Å². The first-order valence-corrected chi connectivity index (χ1v) is 9.85. The van der Waals surface area contributed by atoms with Crippen LogP contribution in [0.3, 0.4) is 0 Å². The Morgan fingerprint density at radius 1 is 1.41 bits per heavy atom. The van der Waals surface area contributed by atoms with Crippen LogP contribution in [-0.2, 0) is 23.1 Å². The van der Waals surface area contributed by atoms with Gasteiger partial charge >= 0.3 is 6.03 Å². The van der Waals surface area contributed by atoms with Crippen molar-refractivity contribution in [3.63, 3.8) is 0 Å². The molecule has 4 rings (SSSR count). The number of methoxy groups -OCH3 is 1. The summed E-state index contributed by atoms with van der Waals surface area (Å²) in [6, 6.07) is 2.10. The molecule has 1 aliphatic rings. The van der Waals surface area contributed by atoms with Crippen molar-refractivity contribution in [2.45, 2.75) is 18.0 Å². The Morgan fingerprint density at radius 2 is 2.14 bits per heavy atom. The minimum atomic E-state index is -4.10. The molecular formula is C18H16FN5O4S. The zero-order valence-electron chi connectivity index (χ0n) is 17.1. The van der Waals surface area contributed by atoms with E-state index in [9.17, 15) is 17.6 Å². The number of nitrogens with one attached hydrogen (secondary N) is 1. The van der Waals surface area contributed by atoms with Gasteiger partial charge < -0.3 is 10.1 Å². The minimum Gasteiger partial charge on any atom is -0.479 e. The second-order valence-corrected chi connectivity index (χ2v) is 7.79. The fourth-order valence-corrected chi connectivity index (χ4v) is 3.48. The van der Waals surface area contributed by atoms with Crippen molar-refractivity contribution < 1.29 is 25.1 Å². The number of carbonyl (C=O) groups is 1. The zero-order valence-corrected chi connectivity index (χ0v) is 15.9. The smallest absolute Gasteiger partial charge is 0.322 e. The van der Waals surface area contributed by atoms with Gasteiger partial charge in [0.05, 0.1) is 27.0 Å². The maximum Gasteiger partial charge on any atom is 0.322 e. The monoisotopic (exact) mass is 419 g/mol. The molecule has 11 heteroatoms. The van der Waals surface area contributed by atoms with Crippen LogP contribution in [0.15, 0.2) is 41.4 Å². The average molecular weight is 419 g/mol. The van der Waals surface area contributed by atoms with Crippen LogP contribution >= 0.6 is 0 Å². The number of sulfonamides is 1. The average Bonchev–Trinajstić information content (AvgIpc) is 2.70. The van der Waals surface area contributed by atoms with E-state index >= 15 is 0 Å². The molecule has 2 amide bonds. The summed E-state index contributed by atoms with van der Waals surface area (Å²) in [5.74, 6) is -0.983. The Bertz CT molecular complexity index is 1330. The van der Waals surface area contributed by atoms with E-state index in [0.717, 1.165) is 18.2 Å². The molecule has 9 nitrogen and oxygen atoms in total. The fourth-order valence-electron chi connectivity index (χ4n) is 3.03. The highest BCUT2D eigenvalue weighted by Gasteiger charge is 2.28. The SMILES string of the molecule is [2H]c1cc(S(N)(=O)=O)cc([2H])c1CN1C(=O)NCc2cnc3nc(OC)c(F)cc3c21. The van der Waals surface area contributed by atoms with Crippen LogP contribution in [-0.4, -0.2) is 31.5 Å². The van der Waals surface area contributed by atoms with Crippen molar-refractivity contribution in [1.82, 2.24) is 15.3 Å². The molecule has 0 saturated carbocycles. The molecule has 3 N–H and O–H groups in total. The van der Waals surface area contributed by atoms with E-state index in [1.54, 1.807) is 0 Å². The number of hydrogen-bond donors (Lipinski definition) is 2. The molecule has 3 aromatic rings. The number of hydrogen-bond acceptors (Lipinski definition) is 6. The Hall–Kier alpha value is -3.31. The van der Waals surface area contributed by atoms with Crippen molar-refractivity contribution >= 4 is 32.8 Å². The van der Waals surface area contributed by atoms with E-state index in [0.29, 0.717) is 11.3 Å². The Morgan fingerprint density at radius 3 is 2.79 bits per heavy atom. The molecule has 0 spiro atoms. The number of halogens is 1. The van der Waals surface area contributed by atoms with Gasteiger partial charge in [0.25, 0.3) is 5.88 Å². The fraction of sp³-hybridized carbons (Fsp3) is 0.167. The summed E-state index contributed by atoms with van der Waals surface area (Å²) in [6.07, 6.45) is 1.49. The summed E-state index contributed by atoms with van der Waals surface area (Å²) in [6.45, 7) is -0.0960. The maximum atomic E-state index is 14.4. The van der Waals surface area contributed by atoms with Crippen molar-refractivity contribution in [1.29, 1.82) is 0 Å². The first kappa shape index (κ1) is 16.6. The summed E-state index contributed by atoms with van der Waals surface area (Å²) in [5.41, 5.74) is 1.15. The third-order valence-electron chi connectivity index (χ3n) is 4.39. The number of urea groups is 1. The zero-order chi connectivity index (χ0) is 22.5. The van der Waals surface area contributed by atoms with Gasteiger partial charge in [-0.2, -0.15) is 4.98 Å². The number of nitrogens with two attached hydrogens (primary N) is 1. The van der Waals surface area contributed by atoms with Crippen molar-refractivity contribution in [3.8, 4) is 5.88 Å². The molecule has 150 valence electrons. The third-order valence-corrected chi connectivity index (χ3v) is 5.28. The first-order valence-electron chi connectivity index (χ1n) is 9.30. The number of nitrogens with zero attached hydrogens (tertiary/aromatic N) is 3. The lowest BCUT2D eigenvalue weighted by Gasteiger charge is -2.31. The van der Waals surface area contributed by atoms with Crippen LogP contribution in [0.5, 0.6) is 5.88 Å². The number of benzene rings is 1. The van der Waals surface area contributed by atoms with Gasteiger partial charge in [0, 0.05) is 23.7 Å². The van der Waals surface area contributed by atoms with Crippen LogP contribution in [0.4, 0.5) is 14.9 Å². The van der Waals surface area contributed by atoms with Crippen molar-refractivity contribution in [3.05, 3.63) is 53.4 Å². The molecule has 29 heavy (non-hydrogen) atoms. The first-order chi connectivity index (χ1) is 14.6. The predicted molar refractivity (Wildman–Crippen MR) is 102 cm³/mol. The second-order valence-electron chi connectivity index (χ2n) is 6.23. The van der Waals surface area contributed by atoms with Gasteiger partial charge in [-0.1, -0.05) is 12.1 Å². The van der Waals surface area contributed by atoms with Gasteiger partial charge in [-0.15, -0.1) is 0 Å². The second kappa shape index (κ2) is 6.94. The van der Waals surface area contributed by atoms with Gasteiger partial charge in [0.2, 0.25) is 10.0 Å². The lowest BCUT2D eigenvalue weighted by molar-refractivity contribution is 0.244. The number of aromatic nitrogens is 2. The lowest BCUT2D eigenvalue weighted by Crippen LogP contribution is -2.44. The topological polar surface area (TPSA) is 128 Å². The minimum absolute atomic E-state index is 0.0855. The number of rotatable bonds is 4. The molecule has 3 heterocycles. The number of carbonyl (C=O) groups excluding carboxylic acids is 1. The lowest BCUT2D eigenvalue weighted by atomic mass is 10.1. The number of amides is 2. The summed E-state index contributed by atoms with van der Waals surface area (Å²) in [7, 11) is -2.83. The van der Waals surface area contributed by atoms with Crippen LogP contribution < -0.4 is 20.1 Å². The molecule has 0 bridgehead atoms. The van der Waals surface area contributed by atoms with Crippen molar-refractivity contribution in [2.24, 2.45) is 5.14 Å². The summed E-state index contributed by atoms with van der Waals surface area (Å²) >= 11 is 0. The number of ether oxygens (including phenoxy) is 1. The highest BCUT2D eigenvalue weighted by molar-refractivity contribution is 7.89. The third kappa shape index (κ3) is 3.45. The molecule has 0 atom stereocenters. The van der Waals surface area contributed by atoms with E-state index in [1.807, 2.05) is 0 Å². The number of pyridine rings is 2. The summed E-state index contributed by atoms with van der Waals surface area (Å²) < 4.78 is 58.7. The number of primary sulfonamides is 1. The van der Waals surface area contributed by atoms with Gasteiger partial charge in [-0.25, -0.2) is 27.7 Å². The molecule has 0 saturated heterocycles. The van der Waals surface area contributed by atoms with Gasteiger partial charge in [-0.05, 0) is 23.8 Å². The highest BCUT2D eigenvalue weighted by Crippen LogP contribution is 2.34. The molecule has 1 aliphatic heterocycles. The molecule has 1 aromatic carbocycles. The van der Waals surface area contributed by atoms with Gasteiger partial charge in [-0.3, -0.25) is 4.90 Å². The number of anilines is 1. The van der Waals surface area contributed by atoms with E-state index < -0.39 is 21.9 Å². The maximum absolute atomic E-state index is 14.4. The van der Waals surface area contributed by atoms with E-state index in [4.69, 9.17) is 12.6 Å². The normalized spacial score (nSPS) is 14.9. The summed E-state index contributed by atoms with van der Waals surface area (Å²) in [4.78, 5) is 21.8. The molecule has 2 aromatic heterocycles. The van der Waals surface area contributed by atoms with Crippen molar-refractivity contribution in [2.75, 3.05) is 12.0 Å². The van der Waals surface area contributed by atoms with E-state index in [1.165, 1.54) is 18.2 Å². The molecule has 0 unspecified atom stereocenters. The van der Waals surface area contributed by atoms with E-state index in [2.05, 4.69) is 15.3 Å².